The first-order valence-corrected chi connectivity index (χ1v) is 18.8. The Morgan fingerprint density at radius 3 is 1.89 bits per heavy atom. The fraction of sp³-hybridized carbons (Fsp3) is 0.875. The first-order valence-electron chi connectivity index (χ1n) is 15.9. The normalized spacial score (nSPS) is 24.6. The lowest BCUT2D eigenvalue weighted by Gasteiger charge is -2.40. The molecule has 2 aliphatic heterocycles. The van der Waals surface area contributed by atoms with Crippen LogP contribution in [0.25, 0.3) is 0 Å². The largest absolute Gasteiger partial charge is 0.460 e. The molecule has 0 aliphatic carbocycles. The van der Waals surface area contributed by atoms with Crippen molar-refractivity contribution in [2.24, 2.45) is 0 Å². The number of aliphatic hydroxyl groups is 1. The molecule has 3 amide bonds. The number of hydrogen-bond donors (Lipinski definition) is 1. The monoisotopic (exact) mass is 674 g/mol. The van der Waals surface area contributed by atoms with Crippen molar-refractivity contribution >= 4 is 32.4 Å². The van der Waals surface area contributed by atoms with Crippen LogP contribution in [0.4, 0.5) is 9.59 Å². The smallest absolute Gasteiger partial charge is 0.417 e. The van der Waals surface area contributed by atoms with Gasteiger partial charge in [0.1, 0.15) is 35.6 Å². The van der Waals surface area contributed by atoms with Crippen molar-refractivity contribution in [2.75, 3.05) is 13.2 Å². The Hall–Kier alpha value is -2.26. The van der Waals surface area contributed by atoms with Crippen LogP contribution in [0.5, 0.6) is 0 Å². The number of imide groups is 1. The minimum absolute atomic E-state index is 0.00938. The number of carbonyl (C=O) groups is 4. The lowest BCUT2D eigenvalue weighted by Crippen LogP contribution is -2.57. The second-order valence-corrected chi connectivity index (χ2v) is 21.0. The van der Waals surface area contributed by atoms with E-state index in [0.717, 1.165) is 4.90 Å². The summed E-state index contributed by atoms with van der Waals surface area (Å²) in [5.74, 6) is -2.36. The molecule has 0 bridgehead atoms. The second-order valence-electron chi connectivity index (χ2n) is 16.2. The van der Waals surface area contributed by atoms with Gasteiger partial charge in [0, 0.05) is 20.3 Å². The van der Waals surface area contributed by atoms with Crippen molar-refractivity contribution in [3.63, 3.8) is 0 Å². The summed E-state index contributed by atoms with van der Waals surface area (Å²) in [6, 6.07) is -2.01. The third-order valence-corrected chi connectivity index (χ3v) is 12.7. The molecule has 2 rings (SSSR count). The Morgan fingerprint density at radius 2 is 1.43 bits per heavy atom. The molecule has 0 aromatic carbocycles. The molecule has 2 heterocycles. The average molecular weight is 675 g/mol. The number of hydrogen-bond acceptors (Lipinski definition) is 11. The fourth-order valence-electron chi connectivity index (χ4n) is 5.23. The molecule has 2 aliphatic rings. The van der Waals surface area contributed by atoms with Crippen LogP contribution >= 0.6 is 0 Å². The van der Waals surface area contributed by atoms with Gasteiger partial charge in [-0.25, -0.2) is 14.5 Å². The van der Waals surface area contributed by atoms with E-state index in [0.29, 0.717) is 0 Å². The molecule has 46 heavy (non-hydrogen) atoms. The number of aliphatic hydroxyl groups excluding tert-OH is 1. The number of carbonyl (C=O) groups excluding carboxylic acids is 4. The lowest BCUT2D eigenvalue weighted by molar-refractivity contribution is -0.179. The molecule has 14 heteroatoms. The SMILES string of the molecule is CC(=O)O[C@H](C[C@H](O)CO[Si](C)(C)C(C)(C)C)[C@H]1[C@H]2OC(C)(C)O[C@H]2[C@H](CN(C(C)=O)C(=O)OC(C)(C)C)N1C(=O)OC(C)(C)C. The molecule has 0 spiro atoms. The predicted octanol–water partition coefficient (Wildman–Crippen LogP) is 4.98. The minimum Gasteiger partial charge on any atom is -0.460 e. The third kappa shape index (κ3) is 10.6. The Labute approximate surface area is 275 Å². The minimum atomic E-state index is -2.23. The Morgan fingerprint density at radius 1 is 0.913 bits per heavy atom. The molecule has 2 saturated heterocycles. The summed E-state index contributed by atoms with van der Waals surface area (Å²) in [6.45, 7) is 26.1. The molecule has 0 saturated carbocycles. The molecular formula is C32H58N2O11Si. The van der Waals surface area contributed by atoms with Crippen molar-refractivity contribution in [3.8, 4) is 0 Å². The molecule has 6 atom stereocenters. The Bertz CT molecular complexity index is 1120. The molecule has 0 unspecified atom stereocenters. The summed E-state index contributed by atoms with van der Waals surface area (Å²) >= 11 is 0. The summed E-state index contributed by atoms with van der Waals surface area (Å²) in [7, 11) is -2.23. The van der Waals surface area contributed by atoms with Crippen LogP contribution < -0.4 is 0 Å². The summed E-state index contributed by atoms with van der Waals surface area (Å²) in [4.78, 5) is 54.8. The van der Waals surface area contributed by atoms with Gasteiger partial charge in [-0.15, -0.1) is 0 Å². The van der Waals surface area contributed by atoms with Crippen molar-refractivity contribution in [3.05, 3.63) is 0 Å². The zero-order valence-corrected chi connectivity index (χ0v) is 31.5. The van der Waals surface area contributed by atoms with Gasteiger partial charge >= 0.3 is 18.2 Å². The Balaban J connectivity index is 2.62. The van der Waals surface area contributed by atoms with Crippen molar-refractivity contribution < 1.29 is 52.4 Å². The quantitative estimate of drug-likeness (QED) is 0.200. The number of ether oxygens (including phenoxy) is 5. The van der Waals surface area contributed by atoms with Crippen molar-refractivity contribution in [1.82, 2.24) is 9.80 Å². The van der Waals surface area contributed by atoms with Gasteiger partial charge in [0.15, 0.2) is 14.1 Å². The highest BCUT2D eigenvalue weighted by atomic mass is 28.4. The zero-order valence-electron chi connectivity index (χ0n) is 30.5. The van der Waals surface area contributed by atoms with Gasteiger partial charge in [-0.05, 0) is 73.5 Å². The topological polar surface area (TPSA) is 150 Å². The van der Waals surface area contributed by atoms with Crippen LogP contribution in [0.1, 0.15) is 96.4 Å². The van der Waals surface area contributed by atoms with Gasteiger partial charge in [-0.1, -0.05) is 20.8 Å². The van der Waals surface area contributed by atoms with E-state index in [1.807, 2.05) is 0 Å². The van der Waals surface area contributed by atoms with Crippen LogP contribution in [0.15, 0.2) is 0 Å². The highest BCUT2D eigenvalue weighted by Crippen LogP contribution is 2.44. The van der Waals surface area contributed by atoms with E-state index in [4.69, 9.17) is 28.1 Å². The third-order valence-electron chi connectivity index (χ3n) is 8.17. The molecule has 0 radical (unpaired) electrons. The summed E-state index contributed by atoms with van der Waals surface area (Å²) < 4.78 is 36.0. The van der Waals surface area contributed by atoms with Gasteiger partial charge in [0.25, 0.3) is 0 Å². The highest BCUT2D eigenvalue weighted by Gasteiger charge is 2.63. The predicted molar refractivity (Wildman–Crippen MR) is 172 cm³/mol. The molecule has 13 nitrogen and oxygen atoms in total. The van der Waals surface area contributed by atoms with E-state index in [1.54, 1.807) is 55.4 Å². The number of esters is 1. The van der Waals surface area contributed by atoms with Crippen LogP contribution in [0.2, 0.25) is 18.1 Å². The summed E-state index contributed by atoms with van der Waals surface area (Å²) in [5, 5.41) is 11.1. The first kappa shape index (κ1) is 39.9. The molecular weight excluding hydrogens is 616 g/mol. The number of amides is 3. The van der Waals surface area contributed by atoms with Crippen LogP contribution in [-0.4, -0.2) is 114 Å². The van der Waals surface area contributed by atoms with E-state index >= 15 is 0 Å². The van der Waals surface area contributed by atoms with E-state index in [2.05, 4.69) is 33.9 Å². The lowest BCUT2D eigenvalue weighted by atomic mass is 9.98. The van der Waals surface area contributed by atoms with Crippen LogP contribution in [-0.2, 0) is 37.7 Å². The summed E-state index contributed by atoms with van der Waals surface area (Å²) in [6.07, 6.45) is -5.68. The highest BCUT2D eigenvalue weighted by molar-refractivity contribution is 6.74. The van der Waals surface area contributed by atoms with Gasteiger partial charge in [0.05, 0.1) is 25.3 Å². The number of fused-ring (bicyclic) bond motifs is 1. The Kier molecular flexibility index (Phi) is 12.2. The maximum absolute atomic E-state index is 14.0. The van der Waals surface area contributed by atoms with E-state index < -0.39 is 85.9 Å². The van der Waals surface area contributed by atoms with Gasteiger partial charge in [-0.3, -0.25) is 14.5 Å². The standard InChI is InChI=1S/C32H58N2O11Si/c1-19(35)33(27(38)44-29(3,4)5)17-22-25-26(43-32(12,13)42-25)24(34(22)28(39)45-30(6,7)8)23(41-20(2)36)16-21(37)18-40-46(14,15)31(9,10)11/h21-26,37H,16-18H2,1-15H3/t21-,22-,23+,24-,25-,26+/m0/s1. The molecule has 266 valence electrons. The maximum Gasteiger partial charge on any atom is 0.417 e. The first-order chi connectivity index (χ1) is 20.5. The number of nitrogens with zero attached hydrogens (tertiary/aromatic N) is 2. The number of likely N-dealkylation sites (tertiary alicyclic amines) is 1. The van der Waals surface area contributed by atoms with E-state index in [1.165, 1.54) is 18.7 Å². The van der Waals surface area contributed by atoms with Crippen molar-refractivity contribution in [1.29, 1.82) is 0 Å². The van der Waals surface area contributed by atoms with Gasteiger partial charge < -0.3 is 33.2 Å². The van der Waals surface area contributed by atoms with E-state index in [-0.39, 0.29) is 24.6 Å². The summed E-state index contributed by atoms with van der Waals surface area (Å²) in [5.41, 5.74) is -1.82. The van der Waals surface area contributed by atoms with E-state index in [9.17, 15) is 24.3 Å². The van der Waals surface area contributed by atoms with Crippen molar-refractivity contribution in [2.45, 2.75) is 168 Å². The van der Waals surface area contributed by atoms with Crippen LogP contribution in [0.3, 0.4) is 0 Å². The van der Waals surface area contributed by atoms with Crippen LogP contribution in [0, 0.1) is 0 Å². The molecule has 1 N–H and O–H groups in total. The molecule has 2 fully saturated rings. The number of rotatable bonds is 9. The van der Waals surface area contributed by atoms with Gasteiger partial charge in [0.2, 0.25) is 5.91 Å². The molecule has 0 aromatic rings. The maximum atomic E-state index is 14.0. The van der Waals surface area contributed by atoms with Gasteiger partial charge in [-0.2, -0.15) is 0 Å². The average Bonchev–Trinajstić information content (AvgIpc) is 3.27. The second kappa shape index (κ2) is 14.1. The zero-order chi connectivity index (χ0) is 35.8. The molecule has 0 aromatic heterocycles. The fourth-order valence-corrected chi connectivity index (χ4v) is 6.28.